The summed E-state index contributed by atoms with van der Waals surface area (Å²) < 4.78 is 26.3. The van der Waals surface area contributed by atoms with Crippen LogP contribution in [0.1, 0.15) is 76.4 Å². The summed E-state index contributed by atoms with van der Waals surface area (Å²) in [5.41, 5.74) is 37.2. The average molecular weight is 1500 g/mol. The van der Waals surface area contributed by atoms with E-state index in [0.717, 1.165) is 114 Å². The first-order chi connectivity index (χ1) is 54.0. The summed E-state index contributed by atoms with van der Waals surface area (Å²) in [7, 11) is 10.4. The summed E-state index contributed by atoms with van der Waals surface area (Å²) in [6.45, 7) is 12.8. The van der Waals surface area contributed by atoms with Gasteiger partial charge in [0.2, 0.25) is 23.8 Å². The SMILES string of the molecule is CCN(Cc1ccccc1)Cc1cc(Nc2cccc(OC)c2)nc(N)n1.COCCN(Cc1ccccc1)Cc1cc(Nc2cccc(OC)c2)nc(N)n1.COc1ccc(CN(C)Cc2cc(Nc3cccc(C)c3)nc(N)n2)cc1.COc1cccc(Nc2cc(CN3CCCC3c3ccccc3)nc(N)n2)c1. The molecule has 1 fully saturated rings. The maximum Gasteiger partial charge on any atom is 0.222 e. The van der Waals surface area contributed by atoms with Crippen molar-refractivity contribution in [2.24, 2.45) is 0 Å². The van der Waals surface area contributed by atoms with Crippen molar-refractivity contribution < 1.29 is 23.7 Å². The largest absolute Gasteiger partial charge is 0.497 e. The van der Waals surface area contributed by atoms with Crippen LogP contribution in [0, 0.1) is 6.92 Å². The molecule has 12 N–H and O–H groups in total. The zero-order chi connectivity index (χ0) is 78.1. The molecule has 111 heavy (non-hydrogen) atoms. The van der Waals surface area contributed by atoms with Gasteiger partial charge in [0.1, 0.15) is 46.3 Å². The second-order valence-electron chi connectivity index (χ2n) is 26.5. The number of nitrogens with zero attached hydrogens (tertiary/aromatic N) is 12. The van der Waals surface area contributed by atoms with Gasteiger partial charge in [-0.3, -0.25) is 19.6 Å². The number of hydrogen-bond donors (Lipinski definition) is 8. The number of ether oxygens (including phenoxy) is 5. The Balaban J connectivity index is 0.000000157. The molecule has 0 radical (unpaired) electrons. The molecule has 1 unspecified atom stereocenters. The van der Waals surface area contributed by atoms with Crippen LogP contribution < -0.4 is 63.1 Å². The van der Waals surface area contributed by atoms with Gasteiger partial charge in [-0.25, -0.2) is 19.9 Å². The molecule has 1 aliphatic rings. The molecule has 0 bridgehead atoms. The van der Waals surface area contributed by atoms with Crippen molar-refractivity contribution in [2.45, 2.75) is 78.5 Å². The van der Waals surface area contributed by atoms with E-state index >= 15 is 0 Å². The smallest absolute Gasteiger partial charge is 0.222 e. The van der Waals surface area contributed by atoms with Crippen molar-refractivity contribution in [3.8, 4) is 23.0 Å². The fourth-order valence-corrected chi connectivity index (χ4v) is 12.6. The normalized spacial score (nSPS) is 12.3. The molecule has 12 aromatic rings. The zero-order valence-electron chi connectivity index (χ0n) is 64.5. The van der Waals surface area contributed by atoms with Gasteiger partial charge in [0.15, 0.2) is 0 Å². The number of benzene rings is 8. The van der Waals surface area contributed by atoms with E-state index in [-0.39, 0.29) is 23.8 Å². The minimum atomic E-state index is 0.235. The predicted molar refractivity (Wildman–Crippen MR) is 445 cm³/mol. The van der Waals surface area contributed by atoms with Gasteiger partial charge in [-0.1, -0.05) is 140 Å². The molecule has 1 saturated heterocycles. The Hall–Kier alpha value is -12.5. The highest BCUT2D eigenvalue weighted by atomic mass is 16.5. The van der Waals surface area contributed by atoms with E-state index in [4.69, 9.17) is 46.6 Å². The van der Waals surface area contributed by atoms with Gasteiger partial charge >= 0.3 is 0 Å². The molecule has 0 aliphatic carbocycles. The topological polar surface area (TPSA) is 314 Å². The van der Waals surface area contributed by atoms with Crippen LogP contribution >= 0.6 is 0 Å². The minimum Gasteiger partial charge on any atom is -0.497 e. The number of aryl methyl sites for hydroxylation is 1. The Morgan fingerprint density at radius 2 is 0.793 bits per heavy atom. The van der Waals surface area contributed by atoms with Gasteiger partial charge in [-0.2, -0.15) is 19.9 Å². The van der Waals surface area contributed by atoms with E-state index in [2.05, 4.69) is 193 Å². The molecule has 5 heterocycles. The Morgan fingerprint density at radius 1 is 0.396 bits per heavy atom. The zero-order valence-corrected chi connectivity index (χ0v) is 64.5. The highest BCUT2D eigenvalue weighted by molar-refractivity contribution is 5.62. The van der Waals surface area contributed by atoms with Crippen LogP contribution in [-0.4, -0.2) is 128 Å². The Morgan fingerprint density at radius 3 is 1.23 bits per heavy atom. The Labute approximate surface area is 651 Å². The molecular formula is C86H102N20O5. The van der Waals surface area contributed by atoms with E-state index < -0.39 is 0 Å². The molecule has 0 amide bonds. The molecule has 0 saturated carbocycles. The third-order valence-electron chi connectivity index (χ3n) is 17.8. The summed E-state index contributed by atoms with van der Waals surface area (Å²) in [5, 5.41) is 13.1. The average Bonchev–Trinajstić information content (AvgIpc) is 1.21. The lowest BCUT2D eigenvalue weighted by atomic mass is 10.0. The number of anilines is 12. The number of hydrogen-bond acceptors (Lipinski definition) is 25. The van der Waals surface area contributed by atoms with Crippen molar-refractivity contribution in [1.82, 2.24) is 59.5 Å². The van der Waals surface area contributed by atoms with Crippen LogP contribution in [0.15, 0.2) is 237 Å². The van der Waals surface area contributed by atoms with Crippen LogP contribution in [0.5, 0.6) is 23.0 Å². The summed E-state index contributed by atoms with van der Waals surface area (Å²) in [5.74, 6) is 6.92. The lowest BCUT2D eigenvalue weighted by Gasteiger charge is -2.24. The number of rotatable bonds is 31. The second-order valence-corrected chi connectivity index (χ2v) is 26.5. The van der Waals surface area contributed by atoms with Gasteiger partial charge in [-0.15, -0.1) is 0 Å². The first-order valence-electron chi connectivity index (χ1n) is 36.8. The highest BCUT2D eigenvalue weighted by Crippen LogP contribution is 2.34. The van der Waals surface area contributed by atoms with E-state index in [1.54, 1.807) is 35.5 Å². The fourth-order valence-electron chi connectivity index (χ4n) is 12.6. The van der Waals surface area contributed by atoms with E-state index in [9.17, 15) is 0 Å². The molecule has 1 aliphatic heterocycles. The number of nitrogens with one attached hydrogen (secondary N) is 4. The molecule has 0 spiro atoms. The van der Waals surface area contributed by atoms with E-state index in [1.165, 1.54) is 40.7 Å². The molecule has 1 atom stereocenters. The van der Waals surface area contributed by atoms with Gasteiger partial charge in [-0.05, 0) is 128 Å². The van der Waals surface area contributed by atoms with Crippen molar-refractivity contribution in [2.75, 3.05) is 113 Å². The predicted octanol–water partition coefficient (Wildman–Crippen LogP) is 15.2. The Kier molecular flexibility index (Phi) is 30.9. The molecule has 8 aromatic carbocycles. The lowest BCUT2D eigenvalue weighted by Crippen LogP contribution is -2.27. The van der Waals surface area contributed by atoms with Gasteiger partial charge < -0.3 is 67.9 Å². The monoisotopic (exact) mass is 1490 g/mol. The van der Waals surface area contributed by atoms with Crippen molar-refractivity contribution in [3.63, 3.8) is 0 Å². The van der Waals surface area contributed by atoms with Crippen LogP contribution in [-0.2, 0) is 50.6 Å². The van der Waals surface area contributed by atoms with Crippen molar-refractivity contribution in [3.05, 3.63) is 287 Å². The minimum absolute atomic E-state index is 0.235. The summed E-state index contributed by atoms with van der Waals surface area (Å²) in [4.78, 5) is 44.1. The van der Waals surface area contributed by atoms with Crippen LogP contribution in [0.2, 0.25) is 0 Å². The highest BCUT2D eigenvalue weighted by Gasteiger charge is 2.27. The third kappa shape index (κ3) is 27.0. The first kappa shape index (κ1) is 81.0. The van der Waals surface area contributed by atoms with Crippen molar-refractivity contribution >= 4 is 69.8 Å². The summed E-state index contributed by atoms with van der Waals surface area (Å²) in [6, 6.07) is 78.8. The van der Waals surface area contributed by atoms with Gasteiger partial charge in [0, 0.05) is 131 Å². The second kappa shape index (κ2) is 42.3. The molecule has 576 valence electrons. The standard InChI is InChI=1S/C22H27N5O2.C22H25N5O.2C21H25N5O/c1-28-12-11-27(15-17-7-4-3-5-8-17)16-19-14-21(26-22(23)25-19)24-18-9-6-10-20(13-18)29-2;1-28-19-10-5-9-17(13-19)24-21-14-18(25-22(23)26-21)15-27-12-6-11-20(27)16-7-3-2-4-8-16;1-15-5-4-6-17(11-15)23-20-12-18(24-21(22)25-20)14-26(2)13-16-7-9-19(27-3)10-8-16;1-3-26(14-16-8-5-4-6-9-16)15-18-13-20(25-21(22)24-18)23-17-10-7-11-19(12-17)27-2/h3-10,13-14H,11-12,15-16H2,1-2H3,(H3,23,24,25,26);2-5,7-10,13-14,20H,6,11-12,15H2,1H3,(H3,23,24,25,26);4-12H,13-14H2,1-3H3,(H3,22,23,24,25);4-13H,3,14-15H2,1-2H3,(H3,22,23,24,25). The quantitative estimate of drug-likeness (QED) is 0.0200. The molecule has 4 aromatic heterocycles. The Bertz CT molecular complexity index is 4800. The third-order valence-corrected chi connectivity index (χ3v) is 17.8. The maximum absolute atomic E-state index is 5.98. The number of likely N-dealkylation sites (tertiary alicyclic amines) is 1. The van der Waals surface area contributed by atoms with E-state index in [1.807, 2.05) is 146 Å². The number of nitrogen functional groups attached to an aromatic ring is 4. The molecule has 25 heteroatoms. The maximum atomic E-state index is 5.98. The van der Waals surface area contributed by atoms with Crippen LogP contribution in [0.4, 0.5) is 69.8 Å². The van der Waals surface area contributed by atoms with Gasteiger partial charge in [0.25, 0.3) is 0 Å². The first-order valence-corrected chi connectivity index (χ1v) is 36.8. The lowest BCUT2D eigenvalue weighted by molar-refractivity contribution is 0.139. The van der Waals surface area contributed by atoms with Gasteiger partial charge in [0.05, 0.1) is 57.8 Å². The van der Waals surface area contributed by atoms with E-state index in [0.29, 0.717) is 55.6 Å². The number of methoxy groups -OCH3 is 5. The van der Waals surface area contributed by atoms with Crippen LogP contribution in [0.25, 0.3) is 0 Å². The number of aromatic nitrogens is 8. The summed E-state index contributed by atoms with van der Waals surface area (Å²) >= 11 is 0. The molecule has 25 nitrogen and oxygen atoms in total. The molecular weight excluding hydrogens is 1390 g/mol. The summed E-state index contributed by atoms with van der Waals surface area (Å²) in [6.07, 6.45) is 2.36. The van der Waals surface area contributed by atoms with Crippen LogP contribution in [0.3, 0.4) is 0 Å². The number of nitrogens with two attached hydrogens (primary N) is 4. The van der Waals surface area contributed by atoms with Crippen molar-refractivity contribution in [1.29, 1.82) is 0 Å². The molecule has 13 rings (SSSR count). The fraction of sp³-hybridized carbons (Fsp3) is 0.256.